The molecule has 0 saturated carbocycles. The molecule has 0 aliphatic rings. The van der Waals surface area contributed by atoms with Crippen molar-refractivity contribution >= 4 is 27.5 Å². The molecule has 0 fully saturated rings. The number of hydrogen-bond acceptors (Lipinski definition) is 3. The van der Waals surface area contributed by atoms with E-state index in [1.807, 2.05) is 0 Å². The van der Waals surface area contributed by atoms with Gasteiger partial charge in [0.25, 0.3) is 0 Å². The van der Waals surface area contributed by atoms with Crippen LogP contribution in [0.3, 0.4) is 0 Å². The van der Waals surface area contributed by atoms with Gasteiger partial charge < -0.3 is 5.73 Å². The molecule has 162 valence electrons. The molecule has 0 aliphatic heterocycles. The average Bonchev–Trinajstić information content (AvgIpc) is 2.73. The van der Waals surface area contributed by atoms with Crippen molar-refractivity contribution in [3.05, 3.63) is 100 Å². The van der Waals surface area contributed by atoms with E-state index in [9.17, 15) is 26.4 Å². The summed E-state index contributed by atoms with van der Waals surface area (Å²) >= 11 is 5.82. The van der Waals surface area contributed by atoms with E-state index in [2.05, 4.69) is 0 Å². The Morgan fingerprint density at radius 1 is 0.935 bits per heavy atom. The van der Waals surface area contributed by atoms with Crippen LogP contribution in [0, 0.1) is 17.5 Å². The van der Waals surface area contributed by atoms with Crippen molar-refractivity contribution in [3.8, 4) is 0 Å². The van der Waals surface area contributed by atoms with Crippen molar-refractivity contribution in [1.82, 2.24) is 4.31 Å². The molecule has 0 spiro atoms. The van der Waals surface area contributed by atoms with Crippen molar-refractivity contribution in [1.29, 1.82) is 0 Å². The summed E-state index contributed by atoms with van der Waals surface area (Å²) in [5, 5.41) is 0.252. The van der Waals surface area contributed by atoms with E-state index in [1.165, 1.54) is 36.4 Å². The number of amides is 1. The summed E-state index contributed by atoms with van der Waals surface area (Å²) in [6, 6.07) is 12.2. The molecule has 2 N–H and O–H groups in total. The molecule has 1 amide bonds. The molecule has 1 atom stereocenters. The number of carbonyl (C=O) groups excluding carboxylic acids is 1. The fourth-order valence-corrected chi connectivity index (χ4v) is 4.71. The summed E-state index contributed by atoms with van der Waals surface area (Å²) < 4.78 is 69.8. The van der Waals surface area contributed by atoms with Crippen LogP contribution in [0.2, 0.25) is 5.02 Å². The van der Waals surface area contributed by atoms with E-state index in [4.69, 9.17) is 17.3 Å². The minimum atomic E-state index is -4.54. The van der Waals surface area contributed by atoms with Crippen molar-refractivity contribution in [3.63, 3.8) is 0 Å². The summed E-state index contributed by atoms with van der Waals surface area (Å²) in [4.78, 5) is 12.0. The SMILES string of the molecule is NC(=O)[C@@H](c1ccccc1)N(Cc1c(F)ccc(F)c1F)S(=O)(=O)c1ccc(Cl)cc1. The predicted molar refractivity (Wildman–Crippen MR) is 109 cm³/mol. The Morgan fingerprint density at radius 3 is 2.10 bits per heavy atom. The highest BCUT2D eigenvalue weighted by atomic mass is 35.5. The minimum Gasteiger partial charge on any atom is -0.368 e. The van der Waals surface area contributed by atoms with Crippen molar-refractivity contribution in [2.75, 3.05) is 0 Å². The van der Waals surface area contributed by atoms with Crippen molar-refractivity contribution in [2.45, 2.75) is 17.5 Å². The Morgan fingerprint density at radius 2 is 1.52 bits per heavy atom. The highest BCUT2D eigenvalue weighted by molar-refractivity contribution is 7.89. The van der Waals surface area contributed by atoms with E-state index in [1.54, 1.807) is 18.2 Å². The molecule has 0 saturated heterocycles. The van der Waals surface area contributed by atoms with Crippen molar-refractivity contribution < 1.29 is 26.4 Å². The number of halogens is 4. The smallest absolute Gasteiger partial charge is 0.244 e. The standard InChI is InChI=1S/C21H16ClF3N2O3S/c22-14-6-8-15(9-7-14)31(29,30)27(12-16-17(23)10-11-18(24)19(16)25)20(21(26)28)13-4-2-1-3-5-13/h1-11,20H,12H2,(H2,26,28)/t20-/m1/s1. The van der Waals surface area contributed by atoms with Crippen LogP contribution in [-0.4, -0.2) is 18.6 Å². The Kier molecular flexibility index (Phi) is 6.68. The minimum absolute atomic E-state index is 0.171. The first-order valence-corrected chi connectivity index (χ1v) is 10.7. The maximum absolute atomic E-state index is 14.4. The molecule has 3 aromatic carbocycles. The number of sulfonamides is 1. The largest absolute Gasteiger partial charge is 0.368 e. The third kappa shape index (κ3) is 4.73. The van der Waals surface area contributed by atoms with Gasteiger partial charge in [0.15, 0.2) is 11.6 Å². The number of nitrogens with two attached hydrogens (primary N) is 1. The van der Waals surface area contributed by atoms with E-state index in [-0.39, 0.29) is 15.5 Å². The average molecular weight is 469 g/mol. The molecule has 5 nitrogen and oxygen atoms in total. The van der Waals surface area contributed by atoms with E-state index >= 15 is 0 Å². The van der Waals surface area contributed by atoms with Gasteiger partial charge in [0, 0.05) is 17.1 Å². The number of benzene rings is 3. The van der Waals surface area contributed by atoms with E-state index in [0.29, 0.717) is 16.4 Å². The number of primary amides is 1. The third-order valence-corrected chi connectivity index (χ3v) is 6.62. The zero-order valence-corrected chi connectivity index (χ0v) is 17.4. The van der Waals surface area contributed by atoms with Gasteiger partial charge in [-0.15, -0.1) is 0 Å². The molecule has 0 bridgehead atoms. The zero-order chi connectivity index (χ0) is 22.8. The molecular weight excluding hydrogens is 453 g/mol. The highest BCUT2D eigenvalue weighted by Crippen LogP contribution is 2.32. The third-order valence-electron chi connectivity index (χ3n) is 4.55. The van der Waals surface area contributed by atoms with Crippen LogP contribution in [0.25, 0.3) is 0 Å². The molecule has 10 heteroatoms. The number of carbonyl (C=O) groups is 1. The molecule has 3 aromatic rings. The first kappa shape index (κ1) is 22.8. The lowest BCUT2D eigenvalue weighted by Crippen LogP contribution is -2.41. The van der Waals surface area contributed by atoms with Crippen LogP contribution in [0.15, 0.2) is 71.6 Å². The molecule has 0 unspecified atom stereocenters. The monoisotopic (exact) mass is 468 g/mol. The number of nitrogens with zero attached hydrogens (tertiary/aromatic N) is 1. The first-order valence-electron chi connectivity index (χ1n) is 8.87. The van der Waals surface area contributed by atoms with Crippen molar-refractivity contribution in [2.24, 2.45) is 5.73 Å². The lowest BCUT2D eigenvalue weighted by molar-refractivity contribution is -0.122. The zero-order valence-electron chi connectivity index (χ0n) is 15.8. The summed E-state index contributed by atoms with van der Waals surface area (Å²) in [5.74, 6) is -5.18. The molecule has 0 aromatic heterocycles. The molecular formula is C21H16ClF3N2O3S. The Bertz CT molecular complexity index is 1210. The number of hydrogen-bond donors (Lipinski definition) is 1. The number of rotatable bonds is 7. The van der Waals surface area contributed by atoms with Gasteiger partial charge >= 0.3 is 0 Å². The Hall–Kier alpha value is -2.88. The van der Waals surface area contributed by atoms with Gasteiger partial charge in [-0.3, -0.25) is 4.79 Å². The second-order valence-corrected chi connectivity index (χ2v) is 8.87. The maximum Gasteiger partial charge on any atom is 0.244 e. The fourth-order valence-electron chi connectivity index (χ4n) is 3.03. The summed E-state index contributed by atoms with van der Waals surface area (Å²) in [5.41, 5.74) is 4.81. The topological polar surface area (TPSA) is 80.5 Å². The Labute approximate surface area is 181 Å². The molecule has 0 heterocycles. The van der Waals surface area contributed by atoms with Crippen LogP contribution in [-0.2, 0) is 21.4 Å². The molecule has 0 aliphatic carbocycles. The van der Waals surface area contributed by atoms with Gasteiger partial charge in [-0.2, -0.15) is 4.31 Å². The van der Waals surface area contributed by atoms with Gasteiger partial charge in [0.2, 0.25) is 15.9 Å². The lowest BCUT2D eigenvalue weighted by atomic mass is 10.1. The van der Waals surface area contributed by atoms with Gasteiger partial charge in [-0.05, 0) is 42.0 Å². The van der Waals surface area contributed by atoms with Gasteiger partial charge in [-0.25, -0.2) is 21.6 Å². The summed E-state index contributed by atoms with van der Waals surface area (Å²) in [6.45, 7) is -0.983. The quantitative estimate of drug-likeness (QED) is 0.528. The van der Waals surface area contributed by atoms with Gasteiger partial charge in [-0.1, -0.05) is 41.9 Å². The van der Waals surface area contributed by atoms with Crippen LogP contribution in [0.5, 0.6) is 0 Å². The predicted octanol–water partition coefficient (Wildman–Crippen LogP) is 4.17. The lowest BCUT2D eigenvalue weighted by Gasteiger charge is -2.29. The first-order chi connectivity index (χ1) is 14.6. The van der Waals surface area contributed by atoms with Gasteiger partial charge in [0.1, 0.15) is 11.9 Å². The van der Waals surface area contributed by atoms with E-state index in [0.717, 1.165) is 0 Å². The van der Waals surface area contributed by atoms with Gasteiger partial charge in [0.05, 0.1) is 4.90 Å². The second kappa shape index (κ2) is 9.09. The van der Waals surface area contributed by atoms with Crippen LogP contribution >= 0.6 is 11.6 Å². The summed E-state index contributed by atoms with van der Waals surface area (Å²) in [7, 11) is -4.54. The second-order valence-electron chi connectivity index (χ2n) is 6.54. The summed E-state index contributed by atoms with van der Waals surface area (Å²) in [6.07, 6.45) is 0. The maximum atomic E-state index is 14.4. The normalized spacial score (nSPS) is 12.7. The molecule has 31 heavy (non-hydrogen) atoms. The van der Waals surface area contributed by atoms with E-state index < -0.39 is 51.5 Å². The highest BCUT2D eigenvalue weighted by Gasteiger charge is 2.37. The van der Waals surface area contributed by atoms with Crippen LogP contribution < -0.4 is 5.73 Å². The Balaban J connectivity index is 2.22. The molecule has 3 rings (SSSR count). The fraction of sp³-hybridized carbons (Fsp3) is 0.0952. The van der Waals surface area contributed by atoms with Crippen LogP contribution in [0.4, 0.5) is 13.2 Å². The molecule has 0 radical (unpaired) electrons. The van der Waals surface area contributed by atoms with Crippen LogP contribution in [0.1, 0.15) is 17.2 Å².